The zero-order valence-corrected chi connectivity index (χ0v) is 12.4. The first-order valence-electron chi connectivity index (χ1n) is 7.43. The lowest BCUT2D eigenvalue weighted by Gasteiger charge is -2.36. The molecule has 5 nitrogen and oxygen atoms in total. The third kappa shape index (κ3) is 4.04. The van der Waals surface area contributed by atoms with Crippen LogP contribution in [0.15, 0.2) is 24.3 Å². The number of hydrogen-bond acceptors (Lipinski definition) is 3. The van der Waals surface area contributed by atoms with Crippen LogP contribution in [-0.4, -0.2) is 24.4 Å². The van der Waals surface area contributed by atoms with Crippen LogP contribution in [0.1, 0.15) is 48.9 Å². The highest BCUT2D eigenvalue weighted by atomic mass is 16.2. The van der Waals surface area contributed by atoms with Crippen molar-refractivity contribution in [2.24, 2.45) is 5.73 Å². The van der Waals surface area contributed by atoms with Gasteiger partial charge in [0.2, 0.25) is 11.8 Å². The minimum atomic E-state index is -0.495. The van der Waals surface area contributed by atoms with E-state index in [1.807, 2.05) is 7.05 Å². The van der Waals surface area contributed by atoms with Gasteiger partial charge in [-0.15, -0.1) is 0 Å². The fourth-order valence-corrected chi connectivity index (χ4v) is 3.01. The second-order valence-electron chi connectivity index (χ2n) is 5.76. The van der Waals surface area contributed by atoms with E-state index >= 15 is 0 Å². The van der Waals surface area contributed by atoms with E-state index in [0.29, 0.717) is 17.7 Å². The monoisotopic (exact) mass is 289 g/mol. The van der Waals surface area contributed by atoms with Crippen molar-refractivity contribution in [1.29, 1.82) is 0 Å². The maximum Gasteiger partial charge on any atom is 0.248 e. The smallest absolute Gasteiger partial charge is 0.248 e. The van der Waals surface area contributed by atoms with E-state index in [2.05, 4.69) is 10.6 Å². The molecule has 2 rings (SSSR count). The summed E-state index contributed by atoms with van der Waals surface area (Å²) in [5, 5.41) is 6.19. The molecule has 1 aliphatic rings. The Hall–Kier alpha value is -1.88. The molecular formula is C16H23N3O2. The zero-order valence-electron chi connectivity index (χ0n) is 12.4. The molecule has 1 saturated carbocycles. The Bertz CT molecular complexity index is 522. The van der Waals surface area contributed by atoms with Gasteiger partial charge in [-0.2, -0.15) is 0 Å². The van der Waals surface area contributed by atoms with Gasteiger partial charge < -0.3 is 16.4 Å². The molecule has 0 atom stereocenters. The van der Waals surface area contributed by atoms with Crippen LogP contribution >= 0.6 is 0 Å². The van der Waals surface area contributed by atoms with Gasteiger partial charge in [0, 0.05) is 23.2 Å². The molecule has 0 spiro atoms. The first-order chi connectivity index (χ1) is 10.0. The molecule has 21 heavy (non-hydrogen) atoms. The van der Waals surface area contributed by atoms with Crippen LogP contribution < -0.4 is 16.4 Å². The van der Waals surface area contributed by atoms with E-state index in [0.717, 1.165) is 25.7 Å². The van der Waals surface area contributed by atoms with Crippen molar-refractivity contribution in [2.45, 2.75) is 44.1 Å². The standard InChI is InChI=1S/C16H23N3O2/c1-18-16(8-3-2-4-9-16)11-14(20)19-13-7-5-6-12(10-13)15(17)21/h5-7,10,18H,2-4,8-9,11H2,1H3,(H2,17,21)(H,19,20). The van der Waals surface area contributed by atoms with Crippen LogP contribution in [0.3, 0.4) is 0 Å². The number of hydrogen-bond donors (Lipinski definition) is 3. The summed E-state index contributed by atoms with van der Waals surface area (Å²) in [6.07, 6.45) is 6.06. The van der Waals surface area contributed by atoms with E-state index in [-0.39, 0.29) is 11.4 Å². The lowest BCUT2D eigenvalue weighted by Crippen LogP contribution is -2.47. The Morgan fingerprint density at radius 1 is 1.24 bits per heavy atom. The summed E-state index contributed by atoms with van der Waals surface area (Å²) < 4.78 is 0. The highest BCUT2D eigenvalue weighted by Gasteiger charge is 2.32. The molecule has 1 aliphatic carbocycles. The molecule has 0 aliphatic heterocycles. The Morgan fingerprint density at radius 3 is 2.57 bits per heavy atom. The van der Waals surface area contributed by atoms with Crippen molar-refractivity contribution in [3.63, 3.8) is 0 Å². The van der Waals surface area contributed by atoms with Crippen LogP contribution in [0.4, 0.5) is 5.69 Å². The lowest BCUT2D eigenvalue weighted by molar-refractivity contribution is -0.117. The second-order valence-corrected chi connectivity index (χ2v) is 5.76. The molecule has 2 amide bonds. The number of benzene rings is 1. The van der Waals surface area contributed by atoms with Gasteiger partial charge in [-0.3, -0.25) is 9.59 Å². The summed E-state index contributed by atoms with van der Waals surface area (Å²) in [6.45, 7) is 0. The lowest BCUT2D eigenvalue weighted by atomic mass is 9.79. The molecule has 0 saturated heterocycles. The molecule has 0 unspecified atom stereocenters. The Morgan fingerprint density at radius 2 is 1.95 bits per heavy atom. The van der Waals surface area contributed by atoms with Crippen LogP contribution in [0.25, 0.3) is 0 Å². The van der Waals surface area contributed by atoms with Crippen LogP contribution in [0.2, 0.25) is 0 Å². The van der Waals surface area contributed by atoms with Gasteiger partial charge >= 0.3 is 0 Å². The molecule has 1 aromatic carbocycles. The average Bonchev–Trinajstić information content (AvgIpc) is 2.48. The number of rotatable bonds is 5. The fourth-order valence-electron chi connectivity index (χ4n) is 3.01. The molecule has 114 valence electrons. The second kappa shape index (κ2) is 6.72. The normalized spacial score (nSPS) is 17.2. The molecule has 0 aromatic heterocycles. The third-order valence-electron chi connectivity index (χ3n) is 4.27. The van der Waals surface area contributed by atoms with Gasteiger partial charge in [0.25, 0.3) is 0 Å². The van der Waals surface area contributed by atoms with Crippen molar-refractivity contribution in [2.75, 3.05) is 12.4 Å². The largest absolute Gasteiger partial charge is 0.366 e. The maximum atomic E-state index is 12.3. The van der Waals surface area contributed by atoms with Gasteiger partial charge in [0.05, 0.1) is 0 Å². The number of primary amides is 1. The van der Waals surface area contributed by atoms with Gasteiger partial charge in [-0.1, -0.05) is 25.3 Å². The molecule has 1 aromatic rings. The van der Waals surface area contributed by atoms with Crippen LogP contribution in [0.5, 0.6) is 0 Å². The molecule has 0 radical (unpaired) electrons. The van der Waals surface area contributed by atoms with Crippen molar-refractivity contribution in [1.82, 2.24) is 5.32 Å². The number of nitrogens with one attached hydrogen (secondary N) is 2. The predicted molar refractivity (Wildman–Crippen MR) is 83.1 cm³/mol. The van der Waals surface area contributed by atoms with Crippen LogP contribution in [0, 0.1) is 0 Å². The average molecular weight is 289 g/mol. The summed E-state index contributed by atoms with van der Waals surface area (Å²) in [6, 6.07) is 6.71. The minimum absolute atomic E-state index is 0.0344. The zero-order chi connectivity index (χ0) is 15.3. The summed E-state index contributed by atoms with van der Waals surface area (Å²) in [5.74, 6) is -0.530. The number of amides is 2. The topological polar surface area (TPSA) is 84.2 Å². The fraction of sp³-hybridized carbons (Fsp3) is 0.500. The van der Waals surface area contributed by atoms with E-state index in [1.54, 1.807) is 24.3 Å². The third-order valence-corrected chi connectivity index (χ3v) is 4.27. The van der Waals surface area contributed by atoms with E-state index in [4.69, 9.17) is 5.73 Å². The highest BCUT2D eigenvalue weighted by Crippen LogP contribution is 2.31. The van der Waals surface area contributed by atoms with Crippen molar-refractivity contribution < 1.29 is 9.59 Å². The molecule has 0 heterocycles. The van der Waals surface area contributed by atoms with E-state index < -0.39 is 5.91 Å². The molecule has 4 N–H and O–H groups in total. The van der Waals surface area contributed by atoms with Gasteiger partial charge in [-0.05, 0) is 38.1 Å². The predicted octanol–water partition coefficient (Wildman–Crippen LogP) is 2.04. The molecule has 5 heteroatoms. The number of carbonyl (C=O) groups is 2. The minimum Gasteiger partial charge on any atom is -0.366 e. The summed E-state index contributed by atoms with van der Waals surface area (Å²) in [7, 11) is 1.92. The van der Waals surface area contributed by atoms with Gasteiger partial charge in [0.1, 0.15) is 0 Å². The maximum absolute atomic E-state index is 12.3. The summed E-state index contributed by atoms with van der Waals surface area (Å²) in [4.78, 5) is 23.4. The van der Waals surface area contributed by atoms with Crippen molar-refractivity contribution in [3.8, 4) is 0 Å². The number of anilines is 1. The first-order valence-corrected chi connectivity index (χ1v) is 7.43. The molecular weight excluding hydrogens is 266 g/mol. The summed E-state index contributed by atoms with van der Waals surface area (Å²) in [5.41, 5.74) is 6.16. The van der Waals surface area contributed by atoms with E-state index in [1.165, 1.54) is 6.42 Å². The van der Waals surface area contributed by atoms with Gasteiger partial charge in [0.15, 0.2) is 0 Å². The first kappa shape index (κ1) is 15.5. The van der Waals surface area contributed by atoms with Crippen molar-refractivity contribution >= 4 is 17.5 Å². The van der Waals surface area contributed by atoms with Crippen LogP contribution in [-0.2, 0) is 4.79 Å². The van der Waals surface area contributed by atoms with E-state index in [9.17, 15) is 9.59 Å². The number of carbonyl (C=O) groups excluding carboxylic acids is 2. The Kier molecular flexibility index (Phi) is 4.96. The SMILES string of the molecule is CNC1(CC(=O)Nc2cccc(C(N)=O)c2)CCCCC1. The number of nitrogens with two attached hydrogens (primary N) is 1. The Balaban J connectivity index is 2.00. The van der Waals surface area contributed by atoms with Crippen molar-refractivity contribution in [3.05, 3.63) is 29.8 Å². The Labute approximate surface area is 125 Å². The highest BCUT2D eigenvalue weighted by molar-refractivity contribution is 5.96. The van der Waals surface area contributed by atoms with Gasteiger partial charge in [-0.25, -0.2) is 0 Å². The quantitative estimate of drug-likeness (QED) is 0.775. The summed E-state index contributed by atoms with van der Waals surface area (Å²) >= 11 is 0. The molecule has 0 bridgehead atoms. The molecule has 1 fully saturated rings.